The first-order valence-corrected chi connectivity index (χ1v) is 2.62. The number of allylic oxidation sites excluding steroid dienone is 3. The molecule has 0 aromatic heterocycles. The number of hydrogen-bond donors (Lipinski definition) is 0. The van der Waals surface area contributed by atoms with E-state index in [1.165, 1.54) is 0 Å². The van der Waals surface area contributed by atoms with E-state index in [0.29, 0.717) is 0 Å². The third kappa shape index (κ3) is 5.04. The topological polar surface area (TPSA) is 0 Å². The second-order valence-electron chi connectivity index (χ2n) is 1.30. The average molecular weight is 106 g/mol. The van der Waals surface area contributed by atoms with Crippen molar-refractivity contribution in [3.63, 3.8) is 0 Å². The van der Waals surface area contributed by atoms with E-state index in [0.717, 1.165) is 6.42 Å². The Morgan fingerprint density at radius 2 is 2.38 bits per heavy atom. The molecule has 0 N–H and O–H groups in total. The van der Waals surface area contributed by atoms with E-state index in [2.05, 4.69) is 18.4 Å². The Bertz CT molecular complexity index is 130. The molecule has 0 radical (unpaired) electrons. The van der Waals surface area contributed by atoms with Gasteiger partial charge >= 0.3 is 0 Å². The van der Waals surface area contributed by atoms with Gasteiger partial charge in [0, 0.05) is 6.42 Å². The predicted octanol–water partition coefficient (Wildman–Crippen LogP) is 2.14. The van der Waals surface area contributed by atoms with Crippen LogP contribution in [0.1, 0.15) is 13.3 Å². The molecular weight excluding hydrogens is 96.1 g/mol. The zero-order chi connectivity index (χ0) is 6.24. The van der Waals surface area contributed by atoms with Crippen LogP contribution < -0.4 is 0 Å². The van der Waals surface area contributed by atoms with Gasteiger partial charge in [0.25, 0.3) is 0 Å². The summed E-state index contributed by atoms with van der Waals surface area (Å²) in [6.45, 7) is 5.44. The van der Waals surface area contributed by atoms with Gasteiger partial charge < -0.3 is 0 Å². The second-order valence-corrected chi connectivity index (χ2v) is 1.30. The predicted molar refractivity (Wildman–Crippen MR) is 37.4 cm³/mol. The summed E-state index contributed by atoms with van der Waals surface area (Å²) in [5, 5.41) is 0. The van der Waals surface area contributed by atoms with Crippen molar-refractivity contribution in [2.24, 2.45) is 0 Å². The first-order valence-electron chi connectivity index (χ1n) is 2.62. The van der Waals surface area contributed by atoms with Gasteiger partial charge in [0.05, 0.1) is 0 Å². The molecule has 0 aromatic rings. The fourth-order valence-electron chi connectivity index (χ4n) is 0.308. The maximum Gasteiger partial charge on any atom is 0.0273 e. The van der Waals surface area contributed by atoms with Crippen LogP contribution in [0.5, 0.6) is 0 Å². The Morgan fingerprint density at radius 3 is 2.88 bits per heavy atom. The Hall–Kier alpha value is -0.960. The Kier molecular flexibility index (Phi) is 5.32. The molecule has 0 heterocycles. The Balaban J connectivity index is 3.28. The van der Waals surface area contributed by atoms with E-state index >= 15 is 0 Å². The standard InChI is InChI=1S/C8H10/c1-3-5-7-8-6-4-2/h3-4,6H,1,8H2,2H3. The first-order chi connectivity index (χ1) is 3.91. The van der Waals surface area contributed by atoms with Gasteiger partial charge in [-0.2, -0.15) is 0 Å². The monoisotopic (exact) mass is 106 g/mol. The van der Waals surface area contributed by atoms with E-state index in [9.17, 15) is 0 Å². The molecule has 0 unspecified atom stereocenters. The van der Waals surface area contributed by atoms with Crippen molar-refractivity contribution in [2.75, 3.05) is 0 Å². The molecule has 0 amide bonds. The van der Waals surface area contributed by atoms with Crippen LogP contribution in [0.15, 0.2) is 24.8 Å². The minimum Gasteiger partial charge on any atom is -0.0944 e. The molecule has 0 rings (SSSR count). The van der Waals surface area contributed by atoms with Gasteiger partial charge in [-0.05, 0) is 13.0 Å². The number of hydrogen-bond acceptors (Lipinski definition) is 0. The van der Waals surface area contributed by atoms with Crippen LogP contribution in [0, 0.1) is 11.8 Å². The van der Waals surface area contributed by atoms with Crippen molar-refractivity contribution in [3.05, 3.63) is 24.8 Å². The van der Waals surface area contributed by atoms with Gasteiger partial charge in [-0.25, -0.2) is 0 Å². The molecule has 0 saturated heterocycles. The highest BCUT2D eigenvalue weighted by atomic mass is 13.7. The molecule has 0 aromatic carbocycles. The zero-order valence-corrected chi connectivity index (χ0v) is 5.15. The molecule has 0 aliphatic heterocycles. The molecule has 0 aliphatic carbocycles. The summed E-state index contributed by atoms with van der Waals surface area (Å²) in [5.41, 5.74) is 0. The zero-order valence-electron chi connectivity index (χ0n) is 5.15. The van der Waals surface area contributed by atoms with Gasteiger partial charge in [-0.1, -0.05) is 30.6 Å². The number of rotatable bonds is 1. The van der Waals surface area contributed by atoms with Crippen LogP contribution in [-0.4, -0.2) is 0 Å². The van der Waals surface area contributed by atoms with Crippen LogP contribution in [0.4, 0.5) is 0 Å². The van der Waals surface area contributed by atoms with E-state index < -0.39 is 0 Å². The van der Waals surface area contributed by atoms with Crippen LogP contribution >= 0.6 is 0 Å². The lowest BCUT2D eigenvalue weighted by molar-refractivity contribution is 1.45. The Labute approximate surface area is 50.9 Å². The molecule has 0 aliphatic rings. The van der Waals surface area contributed by atoms with Crippen LogP contribution in [0.3, 0.4) is 0 Å². The van der Waals surface area contributed by atoms with E-state index in [1.54, 1.807) is 6.08 Å². The van der Waals surface area contributed by atoms with Crippen LogP contribution in [0.25, 0.3) is 0 Å². The molecule has 0 spiro atoms. The fraction of sp³-hybridized carbons (Fsp3) is 0.250. The molecule has 0 bridgehead atoms. The van der Waals surface area contributed by atoms with Crippen molar-refractivity contribution < 1.29 is 0 Å². The van der Waals surface area contributed by atoms with E-state index in [1.807, 2.05) is 19.1 Å². The molecule has 42 valence electrons. The highest BCUT2D eigenvalue weighted by Gasteiger charge is 1.60. The quantitative estimate of drug-likeness (QED) is 0.355. The molecule has 0 saturated carbocycles. The van der Waals surface area contributed by atoms with Crippen molar-refractivity contribution in [3.8, 4) is 11.8 Å². The molecule has 0 heteroatoms. The molecular formula is C8H10. The minimum atomic E-state index is 0.836. The van der Waals surface area contributed by atoms with Crippen LogP contribution in [-0.2, 0) is 0 Å². The lowest BCUT2D eigenvalue weighted by Gasteiger charge is -1.69. The van der Waals surface area contributed by atoms with Crippen molar-refractivity contribution in [1.29, 1.82) is 0 Å². The normalized spacial score (nSPS) is 8.12. The first kappa shape index (κ1) is 7.04. The highest BCUT2D eigenvalue weighted by Crippen LogP contribution is 1.76. The molecule has 0 fully saturated rings. The maximum atomic E-state index is 3.46. The smallest absolute Gasteiger partial charge is 0.0273 e. The van der Waals surface area contributed by atoms with Gasteiger partial charge in [-0.3, -0.25) is 0 Å². The summed E-state index contributed by atoms with van der Waals surface area (Å²) >= 11 is 0. The summed E-state index contributed by atoms with van der Waals surface area (Å²) in [6, 6.07) is 0. The Morgan fingerprint density at radius 1 is 1.62 bits per heavy atom. The highest BCUT2D eigenvalue weighted by molar-refractivity contribution is 5.14. The lowest BCUT2D eigenvalue weighted by atomic mass is 10.4. The molecule has 0 atom stereocenters. The maximum absolute atomic E-state index is 3.46. The van der Waals surface area contributed by atoms with Gasteiger partial charge in [0.1, 0.15) is 0 Å². The lowest BCUT2D eigenvalue weighted by Crippen LogP contribution is -1.54. The summed E-state index contributed by atoms with van der Waals surface area (Å²) in [6.07, 6.45) is 6.43. The average Bonchev–Trinajstić information content (AvgIpc) is 1.81. The van der Waals surface area contributed by atoms with E-state index in [4.69, 9.17) is 0 Å². The van der Waals surface area contributed by atoms with E-state index in [-0.39, 0.29) is 0 Å². The van der Waals surface area contributed by atoms with Crippen molar-refractivity contribution in [2.45, 2.75) is 13.3 Å². The third-order valence-corrected chi connectivity index (χ3v) is 0.660. The largest absolute Gasteiger partial charge is 0.0944 e. The summed E-state index contributed by atoms with van der Waals surface area (Å²) in [7, 11) is 0. The summed E-state index contributed by atoms with van der Waals surface area (Å²) in [5.74, 6) is 5.63. The van der Waals surface area contributed by atoms with Crippen LogP contribution in [0.2, 0.25) is 0 Å². The van der Waals surface area contributed by atoms with Crippen molar-refractivity contribution in [1.82, 2.24) is 0 Å². The summed E-state index contributed by atoms with van der Waals surface area (Å²) in [4.78, 5) is 0. The summed E-state index contributed by atoms with van der Waals surface area (Å²) < 4.78 is 0. The van der Waals surface area contributed by atoms with Gasteiger partial charge in [0.2, 0.25) is 0 Å². The molecule has 0 nitrogen and oxygen atoms in total. The second kappa shape index (κ2) is 6.04. The van der Waals surface area contributed by atoms with Crippen molar-refractivity contribution >= 4 is 0 Å². The third-order valence-electron chi connectivity index (χ3n) is 0.660. The molecule has 8 heavy (non-hydrogen) atoms. The minimum absolute atomic E-state index is 0.836. The van der Waals surface area contributed by atoms with Gasteiger partial charge in [-0.15, -0.1) is 0 Å². The fourth-order valence-corrected chi connectivity index (χ4v) is 0.308. The van der Waals surface area contributed by atoms with Gasteiger partial charge in [0.15, 0.2) is 0 Å². The SMILES string of the molecule is C=CC#CCC=CC.